The van der Waals surface area contributed by atoms with E-state index in [1.165, 1.54) is 48.8 Å². The zero-order valence-electron chi connectivity index (χ0n) is 11.3. The molecule has 0 bridgehead atoms. The number of ether oxygens (including phenoxy) is 1. The Kier molecular flexibility index (Phi) is 4.68. The van der Waals surface area contributed by atoms with E-state index in [-0.39, 0.29) is 0 Å². The molecular weight excluding hydrogens is 290 g/mol. The predicted molar refractivity (Wildman–Crippen MR) is 79.4 cm³/mol. The molecule has 1 aliphatic carbocycles. The summed E-state index contributed by atoms with van der Waals surface area (Å²) in [5.74, 6) is 1.33. The third-order valence-corrected chi connectivity index (χ3v) is 4.49. The molecule has 0 heterocycles. The number of rotatable bonds is 3. The molecule has 0 saturated heterocycles. The van der Waals surface area contributed by atoms with Crippen LogP contribution in [0, 0.1) is 0 Å². The number of methoxy groups -OCH3 is 1. The highest BCUT2D eigenvalue weighted by Crippen LogP contribution is 2.40. The molecule has 0 radical (unpaired) electrons. The summed E-state index contributed by atoms with van der Waals surface area (Å²) in [4.78, 5) is 0. The lowest BCUT2D eigenvalue weighted by atomic mass is 9.89. The fraction of sp³-hybridized carbons (Fsp3) is 0.600. The van der Waals surface area contributed by atoms with Gasteiger partial charge < -0.3 is 10.5 Å². The van der Waals surface area contributed by atoms with Crippen molar-refractivity contribution in [2.45, 2.75) is 44.9 Å². The van der Waals surface area contributed by atoms with Crippen molar-refractivity contribution in [2.24, 2.45) is 5.73 Å². The third kappa shape index (κ3) is 2.57. The quantitative estimate of drug-likeness (QED) is 0.862. The molecule has 2 rings (SSSR count). The van der Waals surface area contributed by atoms with E-state index in [0.717, 1.165) is 10.2 Å². The SMILES string of the molecule is COc1c(Br)cc2c(c1C(C)CN)CCCCC2. The third-order valence-electron chi connectivity index (χ3n) is 3.90. The molecule has 3 heteroatoms. The van der Waals surface area contributed by atoms with Crippen LogP contribution in [0.2, 0.25) is 0 Å². The van der Waals surface area contributed by atoms with Gasteiger partial charge in [-0.3, -0.25) is 0 Å². The van der Waals surface area contributed by atoms with Crippen LogP contribution < -0.4 is 10.5 Å². The van der Waals surface area contributed by atoms with Crippen molar-refractivity contribution in [1.82, 2.24) is 0 Å². The van der Waals surface area contributed by atoms with E-state index in [1.54, 1.807) is 7.11 Å². The van der Waals surface area contributed by atoms with Crippen molar-refractivity contribution in [2.75, 3.05) is 13.7 Å². The summed E-state index contributed by atoms with van der Waals surface area (Å²) in [6, 6.07) is 2.24. The zero-order chi connectivity index (χ0) is 13.1. The number of aryl methyl sites for hydroxylation is 1. The van der Waals surface area contributed by atoms with Gasteiger partial charge in [-0.2, -0.15) is 0 Å². The minimum Gasteiger partial charge on any atom is -0.495 e. The molecule has 1 aromatic carbocycles. The summed E-state index contributed by atoms with van der Waals surface area (Å²) < 4.78 is 6.67. The van der Waals surface area contributed by atoms with Crippen LogP contribution >= 0.6 is 15.9 Å². The summed E-state index contributed by atoms with van der Waals surface area (Å²) >= 11 is 3.64. The first-order chi connectivity index (χ1) is 8.69. The number of fused-ring (bicyclic) bond motifs is 1. The summed E-state index contributed by atoms with van der Waals surface area (Å²) in [5.41, 5.74) is 10.2. The fourth-order valence-corrected chi connectivity index (χ4v) is 3.55. The van der Waals surface area contributed by atoms with Crippen molar-refractivity contribution in [3.8, 4) is 5.75 Å². The molecule has 1 aromatic rings. The Morgan fingerprint density at radius 3 is 2.72 bits per heavy atom. The summed E-state index contributed by atoms with van der Waals surface area (Å²) in [6.45, 7) is 2.86. The van der Waals surface area contributed by atoms with Gasteiger partial charge in [-0.15, -0.1) is 0 Å². The van der Waals surface area contributed by atoms with Crippen LogP contribution in [-0.2, 0) is 12.8 Å². The zero-order valence-corrected chi connectivity index (χ0v) is 12.8. The Labute approximate surface area is 118 Å². The topological polar surface area (TPSA) is 35.2 Å². The van der Waals surface area contributed by atoms with E-state index in [2.05, 4.69) is 28.9 Å². The van der Waals surface area contributed by atoms with Gasteiger partial charge in [0.1, 0.15) is 5.75 Å². The van der Waals surface area contributed by atoms with Gasteiger partial charge in [-0.1, -0.05) is 13.3 Å². The highest BCUT2D eigenvalue weighted by atomic mass is 79.9. The fourth-order valence-electron chi connectivity index (χ4n) is 2.90. The number of nitrogens with two attached hydrogens (primary N) is 1. The maximum absolute atomic E-state index is 5.88. The van der Waals surface area contributed by atoms with Gasteiger partial charge in [0.25, 0.3) is 0 Å². The van der Waals surface area contributed by atoms with E-state index in [4.69, 9.17) is 10.5 Å². The van der Waals surface area contributed by atoms with Crippen LogP contribution in [0.4, 0.5) is 0 Å². The van der Waals surface area contributed by atoms with Gasteiger partial charge in [-0.25, -0.2) is 0 Å². The molecule has 1 unspecified atom stereocenters. The Balaban J connectivity index is 2.60. The van der Waals surface area contributed by atoms with E-state index in [1.807, 2.05) is 0 Å². The summed E-state index contributed by atoms with van der Waals surface area (Å²) in [6.07, 6.45) is 6.25. The molecule has 2 N–H and O–H groups in total. The predicted octanol–water partition coefficient (Wildman–Crippen LogP) is 3.79. The smallest absolute Gasteiger partial charge is 0.136 e. The average Bonchev–Trinajstić information content (AvgIpc) is 2.61. The first-order valence-corrected chi connectivity index (χ1v) is 7.56. The van der Waals surface area contributed by atoms with Gasteiger partial charge in [0.15, 0.2) is 0 Å². The van der Waals surface area contributed by atoms with Crippen molar-refractivity contribution >= 4 is 15.9 Å². The van der Waals surface area contributed by atoms with Crippen molar-refractivity contribution in [1.29, 1.82) is 0 Å². The first-order valence-electron chi connectivity index (χ1n) is 6.77. The standard InChI is InChI=1S/C15H22BrNO/c1-10(9-17)14-12-7-5-3-4-6-11(12)8-13(16)15(14)18-2/h8,10H,3-7,9,17H2,1-2H3. The Bertz CT molecular complexity index is 431. The monoisotopic (exact) mass is 311 g/mol. The van der Waals surface area contributed by atoms with E-state index in [0.29, 0.717) is 12.5 Å². The highest BCUT2D eigenvalue weighted by Gasteiger charge is 2.22. The molecule has 0 aliphatic heterocycles. The second-order valence-electron chi connectivity index (χ2n) is 5.14. The van der Waals surface area contributed by atoms with Gasteiger partial charge in [0.2, 0.25) is 0 Å². The van der Waals surface area contributed by atoms with Gasteiger partial charge in [0, 0.05) is 5.56 Å². The summed E-state index contributed by atoms with van der Waals surface area (Å²) in [5, 5.41) is 0. The van der Waals surface area contributed by atoms with Gasteiger partial charge in [-0.05, 0) is 71.3 Å². The molecule has 0 amide bonds. The first kappa shape index (κ1) is 13.9. The van der Waals surface area contributed by atoms with Crippen LogP contribution in [0.5, 0.6) is 5.75 Å². The normalized spacial score (nSPS) is 16.9. The van der Waals surface area contributed by atoms with Crippen LogP contribution in [0.1, 0.15) is 48.8 Å². The van der Waals surface area contributed by atoms with Crippen molar-refractivity contribution in [3.05, 3.63) is 27.2 Å². The van der Waals surface area contributed by atoms with E-state index < -0.39 is 0 Å². The molecule has 0 spiro atoms. The number of benzene rings is 1. The molecule has 100 valence electrons. The molecule has 18 heavy (non-hydrogen) atoms. The molecule has 2 nitrogen and oxygen atoms in total. The number of hydrogen-bond acceptors (Lipinski definition) is 2. The molecule has 0 saturated carbocycles. The van der Waals surface area contributed by atoms with Gasteiger partial charge >= 0.3 is 0 Å². The molecule has 1 aliphatic rings. The lowest BCUT2D eigenvalue weighted by Crippen LogP contribution is -2.14. The largest absolute Gasteiger partial charge is 0.495 e. The van der Waals surface area contributed by atoms with Crippen molar-refractivity contribution in [3.63, 3.8) is 0 Å². The van der Waals surface area contributed by atoms with E-state index in [9.17, 15) is 0 Å². The Morgan fingerprint density at radius 1 is 1.33 bits per heavy atom. The molecule has 1 atom stereocenters. The van der Waals surface area contributed by atoms with E-state index >= 15 is 0 Å². The molecular formula is C15H22BrNO. The molecule has 0 fully saturated rings. The highest BCUT2D eigenvalue weighted by molar-refractivity contribution is 9.10. The lowest BCUT2D eigenvalue weighted by Gasteiger charge is -2.22. The second-order valence-corrected chi connectivity index (χ2v) is 5.99. The maximum Gasteiger partial charge on any atom is 0.136 e. The second kappa shape index (κ2) is 6.07. The summed E-state index contributed by atoms with van der Waals surface area (Å²) in [7, 11) is 1.75. The number of halogens is 1. The minimum absolute atomic E-state index is 0.351. The Hall–Kier alpha value is -0.540. The Morgan fingerprint density at radius 2 is 2.06 bits per heavy atom. The van der Waals surface area contributed by atoms with Gasteiger partial charge in [0.05, 0.1) is 11.6 Å². The van der Waals surface area contributed by atoms with Crippen LogP contribution in [0.15, 0.2) is 10.5 Å². The minimum atomic E-state index is 0.351. The van der Waals surface area contributed by atoms with Crippen molar-refractivity contribution < 1.29 is 4.74 Å². The lowest BCUT2D eigenvalue weighted by molar-refractivity contribution is 0.403. The molecule has 0 aromatic heterocycles. The van der Waals surface area contributed by atoms with Crippen LogP contribution in [0.25, 0.3) is 0 Å². The average molecular weight is 312 g/mol. The van der Waals surface area contributed by atoms with Crippen LogP contribution in [-0.4, -0.2) is 13.7 Å². The number of hydrogen-bond donors (Lipinski definition) is 1. The maximum atomic E-state index is 5.88. The van der Waals surface area contributed by atoms with Crippen LogP contribution in [0.3, 0.4) is 0 Å².